The van der Waals surface area contributed by atoms with Crippen molar-refractivity contribution in [2.45, 2.75) is 56.3 Å². The Kier molecular flexibility index (Phi) is 4.71. The molecule has 0 spiro atoms. The molecule has 7 heteroatoms. The number of ether oxygens (including phenoxy) is 2. The van der Waals surface area contributed by atoms with Crippen molar-refractivity contribution in [3.8, 4) is 0 Å². The fourth-order valence-corrected chi connectivity index (χ4v) is 4.52. The molecule has 0 unspecified atom stereocenters. The zero-order valence-electron chi connectivity index (χ0n) is 14.5. The Morgan fingerprint density at radius 2 is 1.92 bits per heavy atom. The zero-order valence-corrected chi connectivity index (χ0v) is 14.5. The van der Waals surface area contributed by atoms with Gasteiger partial charge in [0, 0.05) is 32.9 Å². The number of nitrogens with one attached hydrogen (secondary N) is 1. The Labute approximate surface area is 147 Å². The van der Waals surface area contributed by atoms with Crippen molar-refractivity contribution in [1.29, 1.82) is 0 Å². The van der Waals surface area contributed by atoms with Crippen LogP contribution in [0, 0.1) is 11.8 Å². The molecule has 1 saturated carbocycles. The molecule has 4 aliphatic rings. The predicted octanol–water partition coefficient (Wildman–Crippen LogP) is 1.04. The third-order valence-corrected chi connectivity index (χ3v) is 6.33. The van der Waals surface area contributed by atoms with Crippen molar-refractivity contribution < 1.29 is 23.5 Å². The highest BCUT2D eigenvalue weighted by molar-refractivity contribution is 5.88. The zero-order chi connectivity index (χ0) is 17.4. The molecule has 0 aromatic carbocycles. The van der Waals surface area contributed by atoms with Crippen LogP contribution in [0.15, 0.2) is 0 Å². The molecule has 4 fully saturated rings. The third kappa shape index (κ3) is 3.16. The summed E-state index contributed by atoms with van der Waals surface area (Å²) in [6.45, 7) is 2.94. The number of carbonyl (C=O) groups excluding carboxylic acids is 2. The standard InChI is InChI=1S/C18H27FN2O4/c19-18(5-1-6-18)17(23)21-11-13(15-14(21)4-9-25-15)16(22)20-10-12-2-7-24-8-3-12/h12-15H,1-11H2,(H,20,22)/t13-,14+,15+/m0/s1. The summed E-state index contributed by atoms with van der Waals surface area (Å²) in [5.74, 6) is -0.444. The van der Waals surface area contributed by atoms with Crippen LogP contribution >= 0.6 is 0 Å². The van der Waals surface area contributed by atoms with E-state index < -0.39 is 11.6 Å². The SMILES string of the molecule is O=C(NCC1CCOCC1)[C@H]1CN(C(=O)C2(F)CCC2)[C@@H]2CCO[C@H]12. The average Bonchev–Trinajstić information content (AvgIpc) is 3.20. The summed E-state index contributed by atoms with van der Waals surface area (Å²) >= 11 is 0. The Morgan fingerprint density at radius 1 is 1.16 bits per heavy atom. The van der Waals surface area contributed by atoms with Crippen LogP contribution in [0.1, 0.15) is 38.5 Å². The largest absolute Gasteiger partial charge is 0.381 e. The number of hydrogen-bond donors (Lipinski definition) is 1. The van der Waals surface area contributed by atoms with Gasteiger partial charge in [-0.2, -0.15) is 0 Å². The summed E-state index contributed by atoms with van der Waals surface area (Å²) < 4.78 is 25.7. The number of likely N-dealkylation sites (tertiary alicyclic amines) is 1. The second-order valence-electron chi connectivity index (χ2n) is 7.88. The van der Waals surface area contributed by atoms with E-state index in [-0.39, 0.29) is 30.5 Å². The molecule has 2 amide bonds. The summed E-state index contributed by atoms with van der Waals surface area (Å²) in [5, 5.41) is 3.03. The number of carbonyl (C=O) groups is 2. The van der Waals surface area contributed by atoms with Crippen LogP contribution in [0.3, 0.4) is 0 Å². The molecule has 0 aromatic rings. The smallest absolute Gasteiger partial charge is 0.260 e. The van der Waals surface area contributed by atoms with Crippen LogP contribution in [0.5, 0.6) is 0 Å². The summed E-state index contributed by atoms with van der Waals surface area (Å²) in [6.07, 6.45) is 3.70. The maximum absolute atomic E-state index is 14.6. The first kappa shape index (κ1) is 17.2. The van der Waals surface area contributed by atoms with Gasteiger partial charge in [-0.15, -0.1) is 0 Å². The number of alkyl halides is 1. The van der Waals surface area contributed by atoms with Crippen molar-refractivity contribution in [2.75, 3.05) is 32.9 Å². The summed E-state index contributed by atoms with van der Waals surface area (Å²) in [7, 11) is 0. The first-order chi connectivity index (χ1) is 12.1. The highest BCUT2D eigenvalue weighted by Crippen LogP contribution is 2.42. The highest BCUT2D eigenvalue weighted by Gasteiger charge is 2.56. The van der Waals surface area contributed by atoms with Crippen LogP contribution in [-0.2, 0) is 19.1 Å². The molecule has 6 nitrogen and oxygen atoms in total. The summed E-state index contributed by atoms with van der Waals surface area (Å²) in [5.41, 5.74) is -1.71. The van der Waals surface area contributed by atoms with E-state index in [1.165, 1.54) is 0 Å². The molecule has 25 heavy (non-hydrogen) atoms. The Bertz CT molecular complexity index is 533. The van der Waals surface area contributed by atoms with E-state index in [0.717, 1.165) is 32.5 Å². The highest BCUT2D eigenvalue weighted by atomic mass is 19.1. The number of nitrogens with zero attached hydrogens (tertiary/aromatic N) is 1. The van der Waals surface area contributed by atoms with Gasteiger partial charge >= 0.3 is 0 Å². The van der Waals surface area contributed by atoms with Crippen molar-refractivity contribution in [3.63, 3.8) is 0 Å². The van der Waals surface area contributed by atoms with Gasteiger partial charge in [0.25, 0.3) is 5.91 Å². The molecule has 3 aliphatic heterocycles. The maximum atomic E-state index is 14.6. The van der Waals surface area contributed by atoms with Gasteiger partial charge in [0.2, 0.25) is 5.91 Å². The number of hydrogen-bond acceptors (Lipinski definition) is 4. The molecule has 140 valence electrons. The number of amides is 2. The summed E-state index contributed by atoms with van der Waals surface area (Å²) in [6, 6.07) is -0.153. The molecule has 3 saturated heterocycles. The molecule has 0 aromatic heterocycles. The van der Waals surface area contributed by atoms with E-state index in [9.17, 15) is 14.0 Å². The lowest BCUT2D eigenvalue weighted by Gasteiger charge is -2.37. The van der Waals surface area contributed by atoms with Crippen LogP contribution in [0.25, 0.3) is 0 Å². The molecular formula is C18H27FN2O4. The second-order valence-corrected chi connectivity index (χ2v) is 7.88. The lowest BCUT2D eigenvalue weighted by atomic mass is 9.81. The monoisotopic (exact) mass is 354 g/mol. The van der Waals surface area contributed by atoms with Crippen molar-refractivity contribution in [2.24, 2.45) is 11.8 Å². The van der Waals surface area contributed by atoms with Gasteiger partial charge in [0.15, 0.2) is 5.67 Å². The molecular weight excluding hydrogens is 327 g/mol. The van der Waals surface area contributed by atoms with Crippen LogP contribution in [0.4, 0.5) is 4.39 Å². The van der Waals surface area contributed by atoms with Crippen molar-refractivity contribution in [1.82, 2.24) is 10.2 Å². The number of rotatable bonds is 4. The topological polar surface area (TPSA) is 67.9 Å². The second kappa shape index (κ2) is 6.83. The van der Waals surface area contributed by atoms with Gasteiger partial charge in [0.1, 0.15) is 0 Å². The minimum atomic E-state index is -1.71. The van der Waals surface area contributed by atoms with E-state index >= 15 is 0 Å². The Morgan fingerprint density at radius 3 is 2.60 bits per heavy atom. The van der Waals surface area contributed by atoms with Crippen LogP contribution < -0.4 is 5.32 Å². The fourth-order valence-electron chi connectivity index (χ4n) is 4.52. The molecule has 4 rings (SSSR count). The van der Waals surface area contributed by atoms with Gasteiger partial charge < -0.3 is 19.7 Å². The quantitative estimate of drug-likeness (QED) is 0.819. The average molecular weight is 354 g/mol. The number of halogens is 1. The minimum Gasteiger partial charge on any atom is -0.381 e. The molecule has 3 heterocycles. The lowest BCUT2D eigenvalue weighted by Crippen LogP contribution is -2.52. The third-order valence-electron chi connectivity index (χ3n) is 6.33. The lowest BCUT2D eigenvalue weighted by molar-refractivity contribution is -0.151. The molecule has 1 N–H and O–H groups in total. The molecule has 0 bridgehead atoms. The van der Waals surface area contributed by atoms with Gasteiger partial charge in [-0.25, -0.2) is 4.39 Å². The Hall–Kier alpha value is -1.21. The minimum absolute atomic E-state index is 0.0693. The van der Waals surface area contributed by atoms with E-state index in [1.807, 2.05) is 0 Å². The van der Waals surface area contributed by atoms with Crippen LogP contribution in [-0.4, -0.2) is 67.4 Å². The predicted molar refractivity (Wildman–Crippen MR) is 87.6 cm³/mol. The van der Waals surface area contributed by atoms with Crippen molar-refractivity contribution >= 4 is 11.8 Å². The molecule has 0 radical (unpaired) electrons. The van der Waals surface area contributed by atoms with Crippen LogP contribution in [0.2, 0.25) is 0 Å². The maximum Gasteiger partial charge on any atom is 0.260 e. The normalized spacial score (nSPS) is 34.4. The van der Waals surface area contributed by atoms with E-state index in [1.54, 1.807) is 4.90 Å². The summed E-state index contributed by atoms with van der Waals surface area (Å²) in [4.78, 5) is 26.9. The van der Waals surface area contributed by atoms with E-state index in [2.05, 4.69) is 5.32 Å². The van der Waals surface area contributed by atoms with E-state index in [0.29, 0.717) is 38.3 Å². The van der Waals surface area contributed by atoms with Gasteiger partial charge in [0.05, 0.1) is 18.1 Å². The van der Waals surface area contributed by atoms with Gasteiger partial charge in [-0.1, -0.05) is 0 Å². The Balaban J connectivity index is 1.38. The first-order valence-electron chi connectivity index (χ1n) is 9.55. The molecule has 1 aliphatic carbocycles. The first-order valence-corrected chi connectivity index (χ1v) is 9.55. The van der Waals surface area contributed by atoms with E-state index in [4.69, 9.17) is 9.47 Å². The van der Waals surface area contributed by atoms with Gasteiger partial charge in [-0.05, 0) is 44.4 Å². The molecule has 3 atom stereocenters. The fraction of sp³-hybridized carbons (Fsp3) is 0.889. The van der Waals surface area contributed by atoms with Gasteiger partial charge in [-0.3, -0.25) is 9.59 Å². The van der Waals surface area contributed by atoms with Crippen molar-refractivity contribution in [3.05, 3.63) is 0 Å². The number of fused-ring (bicyclic) bond motifs is 1.